The molecule has 0 saturated carbocycles. The standard InChI is InChI=1S/C10H12O5/c1-3-15-10(13)9-7(12)4-6(11)5-8(9)14-2/h4-5,11-12H,3H2,1-2H3. The Balaban J connectivity index is 3.20. The zero-order chi connectivity index (χ0) is 11.4. The van der Waals surface area contributed by atoms with Gasteiger partial charge in [0.25, 0.3) is 0 Å². The van der Waals surface area contributed by atoms with Crippen LogP contribution >= 0.6 is 0 Å². The highest BCUT2D eigenvalue weighted by Crippen LogP contribution is 2.33. The molecule has 0 fully saturated rings. The first-order valence-electron chi connectivity index (χ1n) is 4.37. The summed E-state index contributed by atoms with van der Waals surface area (Å²) in [7, 11) is 1.33. The molecule has 15 heavy (non-hydrogen) atoms. The van der Waals surface area contributed by atoms with Gasteiger partial charge in [0.05, 0.1) is 13.7 Å². The number of benzene rings is 1. The lowest BCUT2D eigenvalue weighted by Crippen LogP contribution is -2.07. The Kier molecular flexibility index (Phi) is 3.38. The van der Waals surface area contributed by atoms with Gasteiger partial charge < -0.3 is 19.7 Å². The van der Waals surface area contributed by atoms with Crippen LogP contribution in [0.15, 0.2) is 12.1 Å². The van der Waals surface area contributed by atoms with Crippen LogP contribution in [0.3, 0.4) is 0 Å². The van der Waals surface area contributed by atoms with Gasteiger partial charge in [-0.25, -0.2) is 4.79 Å². The molecule has 5 nitrogen and oxygen atoms in total. The summed E-state index contributed by atoms with van der Waals surface area (Å²) >= 11 is 0. The lowest BCUT2D eigenvalue weighted by atomic mass is 10.1. The Morgan fingerprint density at radius 2 is 2.07 bits per heavy atom. The van der Waals surface area contributed by atoms with Crippen molar-refractivity contribution in [1.82, 2.24) is 0 Å². The van der Waals surface area contributed by atoms with Crippen molar-refractivity contribution < 1.29 is 24.5 Å². The third kappa shape index (κ3) is 2.31. The van der Waals surface area contributed by atoms with Gasteiger partial charge in [0.15, 0.2) is 0 Å². The van der Waals surface area contributed by atoms with Crippen molar-refractivity contribution in [2.75, 3.05) is 13.7 Å². The molecule has 0 aliphatic carbocycles. The van der Waals surface area contributed by atoms with Crippen molar-refractivity contribution in [3.05, 3.63) is 17.7 Å². The van der Waals surface area contributed by atoms with Crippen molar-refractivity contribution in [1.29, 1.82) is 0 Å². The minimum absolute atomic E-state index is 0.0750. The van der Waals surface area contributed by atoms with Crippen molar-refractivity contribution in [3.63, 3.8) is 0 Å². The number of esters is 1. The van der Waals surface area contributed by atoms with E-state index in [0.29, 0.717) is 0 Å². The molecule has 82 valence electrons. The molecule has 1 aromatic carbocycles. The van der Waals surface area contributed by atoms with Crippen LogP contribution < -0.4 is 4.74 Å². The van der Waals surface area contributed by atoms with E-state index < -0.39 is 5.97 Å². The van der Waals surface area contributed by atoms with Crippen molar-refractivity contribution in [3.8, 4) is 17.2 Å². The third-order valence-corrected chi connectivity index (χ3v) is 1.77. The molecule has 0 radical (unpaired) electrons. The van der Waals surface area contributed by atoms with Crippen LogP contribution in [0.4, 0.5) is 0 Å². The normalized spacial score (nSPS) is 9.73. The number of aromatic hydroxyl groups is 2. The minimum atomic E-state index is -0.688. The summed E-state index contributed by atoms with van der Waals surface area (Å²) in [5.41, 5.74) is -0.0860. The van der Waals surface area contributed by atoms with E-state index in [9.17, 15) is 9.90 Å². The predicted molar refractivity (Wildman–Crippen MR) is 52.3 cm³/mol. The van der Waals surface area contributed by atoms with Gasteiger partial charge in [-0.2, -0.15) is 0 Å². The number of methoxy groups -OCH3 is 1. The summed E-state index contributed by atoms with van der Waals surface area (Å²) in [6.07, 6.45) is 0. The van der Waals surface area contributed by atoms with Crippen LogP contribution in [-0.2, 0) is 4.74 Å². The number of carbonyl (C=O) groups is 1. The molecule has 0 heterocycles. The van der Waals surface area contributed by atoms with E-state index in [1.54, 1.807) is 6.92 Å². The molecule has 0 saturated heterocycles. The zero-order valence-corrected chi connectivity index (χ0v) is 8.48. The van der Waals surface area contributed by atoms with E-state index in [1.165, 1.54) is 13.2 Å². The fraction of sp³-hybridized carbons (Fsp3) is 0.300. The number of carbonyl (C=O) groups excluding carboxylic acids is 1. The van der Waals surface area contributed by atoms with E-state index in [2.05, 4.69) is 0 Å². The highest BCUT2D eigenvalue weighted by Gasteiger charge is 2.19. The van der Waals surface area contributed by atoms with E-state index >= 15 is 0 Å². The van der Waals surface area contributed by atoms with Gasteiger partial charge in [-0.1, -0.05) is 0 Å². The molecular formula is C10H12O5. The average Bonchev–Trinajstić information content (AvgIpc) is 2.16. The summed E-state index contributed by atoms with van der Waals surface area (Å²) in [5.74, 6) is -1.17. The highest BCUT2D eigenvalue weighted by atomic mass is 16.5. The molecule has 2 N–H and O–H groups in total. The van der Waals surface area contributed by atoms with Gasteiger partial charge in [-0.05, 0) is 6.92 Å². The maximum absolute atomic E-state index is 11.4. The Bertz CT molecular complexity index is 372. The van der Waals surface area contributed by atoms with Crippen LogP contribution in [0.5, 0.6) is 17.2 Å². The van der Waals surface area contributed by atoms with E-state index in [-0.39, 0.29) is 29.4 Å². The molecule has 0 atom stereocenters. The number of hydrogen-bond donors (Lipinski definition) is 2. The average molecular weight is 212 g/mol. The number of rotatable bonds is 3. The van der Waals surface area contributed by atoms with E-state index in [1.807, 2.05) is 0 Å². The molecule has 0 aliphatic heterocycles. The largest absolute Gasteiger partial charge is 0.508 e. The fourth-order valence-corrected chi connectivity index (χ4v) is 1.16. The monoisotopic (exact) mass is 212 g/mol. The highest BCUT2D eigenvalue weighted by molar-refractivity contribution is 5.95. The second-order valence-electron chi connectivity index (χ2n) is 2.76. The first-order chi connectivity index (χ1) is 7.10. The maximum atomic E-state index is 11.4. The molecule has 0 spiro atoms. The Hall–Kier alpha value is -1.91. The van der Waals surface area contributed by atoms with Gasteiger partial charge in [-0.15, -0.1) is 0 Å². The third-order valence-electron chi connectivity index (χ3n) is 1.77. The van der Waals surface area contributed by atoms with Crippen molar-refractivity contribution in [2.45, 2.75) is 6.92 Å². The topological polar surface area (TPSA) is 76.0 Å². The summed E-state index contributed by atoms with van der Waals surface area (Å²) in [6.45, 7) is 1.85. The van der Waals surface area contributed by atoms with Gasteiger partial charge in [0.2, 0.25) is 0 Å². The lowest BCUT2D eigenvalue weighted by molar-refractivity contribution is 0.0519. The number of hydrogen-bond acceptors (Lipinski definition) is 5. The lowest BCUT2D eigenvalue weighted by Gasteiger charge is -2.09. The summed E-state index contributed by atoms with van der Waals surface area (Å²) in [4.78, 5) is 11.4. The predicted octanol–water partition coefficient (Wildman–Crippen LogP) is 1.28. The fourth-order valence-electron chi connectivity index (χ4n) is 1.16. The molecular weight excluding hydrogens is 200 g/mol. The van der Waals surface area contributed by atoms with Gasteiger partial charge in [0.1, 0.15) is 22.8 Å². The van der Waals surface area contributed by atoms with Crippen LogP contribution in [0.1, 0.15) is 17.3 Å². The summed E-state index contributed by atoms with van der Waals surface area (Å²) in [5, 5.41) is 18.6. The van der Waals surface area contributed by atoms with Gasteiger partial charge >= 0.3 is 5.97 Å². The zero-order valence-electron chi connectivity index (χ0n) is 8.48. The van der Waals surface area contributed by atoms with Gasteiger partial charge in [-0.3, -0.25) is 0 Å². The molecule has 1 aromatic rings. The van der Waals surface area contributed by atoms with E-state index in [0.717, 1.165) is 6.07 Å². The number of phenolic OH excluding ortho intramolecular Hbond substituents is 2. The summed E-state index contributed by atoms with van der Waals surface area (Å²) in [6, 6.07) is 2.28. The number of ether oxygens (including phenoxy) is 2. The molecule has 1 rings (SSSR count). The van der Waals surface area contributed by atoms with Crippen molar-refractivity contribution in [2.24, 2.45) is 0 Å². The SMILES string of the molecule is CCOC(=O)c1c(O)cc(O)cc1OC. The van der Waals surface area contributed by atoms with Crippen LogP contribution in [0, 0.1) is 0 Å². The quantitative estimate of drug-likeness (QED) is 0.738. The smallest absolute Gasteiger partial charge is 0.345 e. The van der Waals surface area contributed by atoms with Crippen molar-refractivity contribution >= 4 is 5.97 Å². The Morgan fingerprint density at radius 1 is 1.40 bits per heavy atom. The number of phenols is 2. The van der Waals surface area contributed by atoms with Gasteiger partial charge in [0, 0.05) is 12.1 Å². The molecule has 0 unspecified atom stereocenters. The second kappa shape index (κ2) is 4.54. The molecule has 0 bridgehead atoms. The second-order valence-corrected chi connectivity index (χ2v) is 2.76. The molecule has 5 heteroatoms. The minimum Gasteiger partial charge on any atom is -0.508 e. The molecule has 0 amide bonds. The Labute approximate surface area is 86.9 Å². The van der Waals surface area contributed by atoms with Crippen LogP contribution in [0.2, 0.25) is 0 Å². The van der Waals surface area contributed by atoms with E-state index in [4.69, 9.17) is 14.6 Å². The first kappa shape index (κ1) is 11.2. The maximum Gasteiger partial charge on any atom is 0.345 e. The Morgan fingerprint density at radius 3 is 2.60 bits per heavy atom. The van der Waals surface area contributed by atoms with Crippen LogP contribution in [-0.4, -0.2) is 29.9 Å². The summed E-state index contributed by atoms with van der Waals surface area (Å²) < 4.78 is 9.58. The molecule has 0 aliphatic rings. The first-order valence-corrected chi connectivity index (χ1v) is 4.37. The van der Waals surface area contributed by atoms with Crippen LogP contribution in [0.25, 0.3) is 0 Å². The molecule has 0 aromatic heterocycles.